The lowest BCUT2D eigenvalue weighted by molar-refractivity contribution is 0.0696. The minimum absolute atomic E-state index is 0.172. The topological polar surface area (TPSA) is 46.3 Å². The molecule has 0 radical (unpaired) electrons. The van der Waals surface area contributed by atoms with Crippen molar-refractivity contribution in [1.29, 1.82) is 0 Å². The molecule has 1 aliphatic heterocycles. The lowest BCUT2D eigenvalue weighted by Crippen LogP contribution is -2.38. The van der Waals surface area contributed by atoms with Crippen LogP contribution in [0.15, 0.2) is 24.3 Å². The molecule has 18 heavy (non-hydrogen) atoms. The molecule has 0 unspecified atom stereocenters. The third-order valence-corrected chi connectivity index (χ3v) is 3.73. The first-order valence-electron chi connectivity index (χ1n) is 6.79. The Morgan fingerprint density at radius 3 is 2.67 bits per heavy atom. The number of carbonyl (C=O) groups is 1. The van der Waals surface area contributed by atoms with E-state index in [2.05, 4.69) is 6.92 Å². The van der Waals surface area contributed by atoms with Gasteiger partial charge in [0.15, 0.2) is 0 Å². The standard InChI is InChI=1S/C15H22N2O/c1-12-7-10-17(11-8-12)15(18)14-5-3-2-4-13(14)6-9-16/h2-5,12H,6-11,16H2,1H3. The number of hydrogen-bond donors (Lipinski definition) is 1. The minimum atomic E-state index is 0.172. The van der Waals surface area contributed by atoms with Gasteiger partial charge in [-0.15, -0.1) is 0 Å². The summed E-state index contributed by atoms with van der Waals surface area (Å²) in [5.41, 5.74) is 7.51. The van der Waals surface area contributed by atoms with Crippen LogP contribution in [0.3, 0.4) is 0 Å². The highest BCUT2D eigenvalue weighted by molar-refractivity contribution is 5.95. The normalized spacial score (nSPS) is 16.9. The summed E-state index contributed by atoms with van der Waals surface area (Å²) < 4.78 is 0. The molecule has 3 heteroatoms. The maximum Gasteiger partial charge on any atom is 0.254 e. The number of nitrogens with two attached hydrogens (primary N) is 1. The van der Waals surface area contributed by atoms with Gasteiger partial charge < -0.3 is 10.6 Å². The van der Waals surface area contributed by atoms with Crippen LogP contribution < -0.4 is 5.73 Å². The molecule has 0 spiro atoms. The van der Waals surface area contributed by atoms with Gasteiger partial charge in [-0.05, 0) is 43.4 Å². The van der Waals surface area contributed by atoms with Crippen LogP contribution in [0.4, 0.5) is 0 Å². The zero-order valence-electron chi connectivity index (χ0n) is 11.1. The van der Waals surface area contributed by atoms with Gasteiger partial charge in [-0.25, -0.2) is 0 Å². The molecular weight excluding hydrogens is 224 g/mol. The molecule has 1 aromatic carbocycles. The highest BCUT2D eigenvalue weighted by Crippen LogP contribution is 2.19. The van der Waals surface area contributed by atoms with Crippen LogP contribution in [-0.2, 0) is 6.42 Å². The predicted molar refractivity (Wildman–Crippen MR) is 73.5 cm³/mol. The fourth-order valence-corrected chi connectivity index (χ4v) is 2.48. The molecule has 1 aromatic rings. The fraction of sp³-hybridized carbons (Fsp3) is 0.533. The summed E-state index contributed by atoms with van der Waals surface area (Å²) in [4.78, 5) is 14.5. The van der Waals surface area contributed by atoms with Crippen molar-refractivity contribution in [3.63, 3.8) is 0 Å². The molecule has 1 aliphatic rings. The second-order valence-corrected chi connectivity index (χ2v) is 5.17. The van der Waals surface area contributed by atoms with Crippen molar-refractivity contribution in [2.75, 3.05) is 19.6 Å². The third kappa shape index (κ3) is 2.91. The molecule has 1 saturated heterocycles. The van der Waals surface area contributed by atoms with Gasteiger partial charge in [0.05, 0.1) is 0 Å². The molecule has 2 N–H and O–H groups in total. The van der Waals surface area contributed by atoms with Crippen molar-refractivity contribution in [1.82, 2.24) is 4.90 Å². The van der Waals surface area contributed by atoms with Crippen LogP contribution >= 0.6 is 0 Å². The van der Waals surface area contributed by atoms with Gasteiger partial charge in [-0.1, -0.05) is 25.1 Å². The fourth-order valence-electron chi connectivity index (χ4n) is 2.48. The molecule has 98 valence electrons. The summed E-state index contributed by atoms with van der Waals surface area (Å²) in [7, 11) is 0. The van der Waals surface area contributed by atoms with Gasteiger partial charge in [0.2, 0.25) is 0 Å². The number of piperidine rings is 1. The summed E-state index contributed by atoms with van der Waals surface area (Å²) in [6, 6.07) is 7.83. The van der Waals surface area contributed by atoms with Gasteiger partial charge in [0.25, 0.3) is 5.91 Å². The molecule has 0 atom stereocenters. The van der Waals surface area contributed by atoms with E-state index in [0.717, 1.165) is 49.4 Å². The number of carbonyl (C=O) groups excluding carboxylic acids is 1. The third-order valence-electron chi connectivity index (χ3n) is 3.73. The number of rotatable bonds is 3. The molecule has 0 bridgehead atoms. The highest BCUT2D eigenvalue weighted by Gasteiger charge is 2.22. The Morgan fingerprint density at radius 1 is 1.33 bits per heavy atom. The Kier molecular flexibility index (Phi) is 4.37. The van der Waals surface area contributed by atoms with Crippen LogP contribution in [0.25, 0.3) is 0 Å². The Bertz CT molecular complexity index is 409. The van der Waals surface area contributed by atoms with Crippen LogP contribution in [0.1, 0.15) is 35.7 Å². The van der Waals surface area contributed by atoms with Gasteiger partial charge in [-0.3, -0.25) is 4.79 Å². The molecule has 1 heterocycles. The zero-order chi connectivity index (χ0) is 13.0. The van der Waals surface area contributed by atoms with Gasteiger partial charge in [0.1, 0.15) is 0 Å². The van der Waals surface area contributed by atoms with Gasteiger partial charge in [-0.2, -0.15) is 0 Å². The van der Waals surface area contributed by atoms with E-state index in [4.69, 9.17) is 5.73 Å². The van der Waals surface area contributed by atoms with E-state index in [-0.39, 0.29) is 5.91 Å². The van der Waals surface area contributed by atoms with E-state index < -0.39 is 0 Å². The van der Waals surface area contributed by atoms with E-state index in [1.807, 2.05) is 29.2 Å². The lowest BCUT2D eigenvalue weighted by Gasteiger charge is -2.30. The van der Waals surface area contributed by atoms with Gasteiger partial charge >= 0.3 is 0 Å². The molecular formula is C15H22N2O. The van der Waals surface area contributed by atoms with E-state index in [9.17, 15) is 4.79 Å². The quantitative estimate of drug-likeness (QED) is 0.887. The number of amides is 1. The van der Waals surface area contributed by atoms with Crippen molar-refractivity contribution in [3.8, 4) is 0 Å². The summed E-state index contributed by atoms with van der Waals surface area (Å²) >= 11 is 0. The summed E-state index contributed by atoms with van der Waals surface area (Å²) in [6.07, 6.45) is 3.00. The predicted octanol–water partition coefficient (Wildman–Crippen LogP) is 2.06. The zero-order valence-corrected chi connectivity index (χ0v) is 11.1. The van der Waals surface area contributed by atoms with Crippen molar-refractivity contribution in [2.45, 2.75) is 26.2 Å². The van der Waals surface area contributed by atoms with Crippen LogP contribution in [0.2, 0.25) is 0 Å². The smallest absolute Gasteiger partial charge is 0.254 e. The Morgan fingerprint density at radius 2 is 2.00 bits per heavy atom. The van der Waals surface area contributed by atoms with Gasteiger partial charge in [0, 0.05) is 18.7 Å². The number of benzene rings is 1. The van der Waals surface area contributed by atoms with Crippen molar-refractivity contribution < 1.29 is 4.79 Å². The first-order chi connectivity index (χ1) is 8.72. The Hall–Kier alpha value is -1.35. The average molecular weight is 246 g/mol. The largest absolute Gasteiger partial charge is 0.339 e. The minimum Gasteiger partial charge on any atom is -0.339 e. The second kappa shape index (κ2) is 6.01. The summed E-state index contributed by atoms with van der Waals surface area (Å²) in [5.74, 6) is 0.916. The van der Waals surface area contributed by atoms with Crippen LogP contribution in [0, 0.1) is 5.92 Å². The SMILES string of the molecule is CC1CCN(C(=O)c2ccccc2CCN)CC1. The highest BCUT2D eigenvalue weighted by atomic mass is 16.2. The number of likely N-dealkylation sites (tertiary alicyclic amines) is 1. The first-order valence-corrected chi connectivity index (χ1v) is 6.79. The van der Waals surface area contributed by atoms with Crippen molar-refractivity contribution >= 4 is 5.91 Å². The maximum atomic E-state index is 12.5. The molecule has 2 rings (SSSR count). The van der Waals surface area contributed by atoms with Crippen molar-refractivity contribution in [2.24, 2.45) is 11.7 Å². The molecule has 1 amide bonds. The molecule has 0 aliphatic carbocycles. The molecule has 1 fully saturated rings. The second-order valence-electron chi connectivity index (χ2n) is 5.17. The van der Waals surface area contributed by atoms with E-state index >= 15 is 0 Å². The lowest BCUT2D eigenvalue weighted by atomic mass is 9.97. The average Bonchev–Trinajstić information content (AvgIpc) is 2.40. The van der Waals surface area contributed by atoms with E-state index in [1.165, 1.54) is 0 Å². The monoisotopic (exact) mass is 246 g/mol. The van der Waals surface area contributed by atoms with E-state index in [0.29, 0.717) is 6.54 Å². The molecule has 0 aromatic heterocycles. The van der Waals surface area contributed by atoms with Crippen LogP contribution in [0.5, 0.6) is 0 Å². The summed E-state index contributed by atoms with van der Waals surface area (Å²) in [5, 5.41) is 0. The van der Waals surface area contributed by atoms with Crippen molar-refractivity contribution in [3.05, 3.63) is 35.4 Å². The first kappa shape index (κ1) is 13.1. The molecule has 0 saturated carbocycles. The Labute approximate surface area is 109 Å². The maximum absolute atomic E-state index is 12.5. The summed E-state index contributed by atoms with van der Waals surface area (Å²) in [6.45, 7) is 4.61. The number of nitrogens with zero attached hydrogens (tertiary/aromatic N) is 1. The Balaban J connectivity index is 2.13. The van der Waals surface area contributed by atoms with Crippen LogP contribution in [-0.4, -0.2) is 30.4 Å². The number of hydrogen-bond acceptors (Lipinski definition) is 2. The molecule has 3 nitrogen and oxygen atoms in total. The van der Waals surface area contributed by atoms with E-state index in [1.54, 1.807) is 0 Å².